The lowest BCUT2D eigenvalue weighted by molar-refractivity contribution is -0.150. The molecule has 1 amide bonds. The molecule has 1 aliphatic heterocycles. The third kappa shape index (κ3) is 6.65. The number of hydrogen-bond donors (Lipinski definition) is 0. The van der Waals surface area contributed by atoms with E-state index in [0.29, 0.717) is 44.3 Å². The van der Waals surface area contributed by atoms with Crippen LogP contribution >= 0.6 is 0 Å². The van der Waals surface area contributed by atoms with Crippen LogP contribution in [0.15, 0.2) is 42.7 Å². The van der Waals surface area contributed by atoms with E-state index in [1.165, 1.54) is 0 Å². The molecule has 0 bridgehead atoms. The van der Waals surface area contributed by atoms with Crippen LogP contribution in [0, 0.1) is 40.4 Å². The van der Waals surface area contributed by atoms with Crippen molar-refractivity contribution in [3.05, 3.63) is 48.5 Å². The van der Waals surface area contributed by atoms with Gasteiger partial charge >= 0.3 is 5.97 Å². The third-order valence-electron chi connectivity index (χ3n) is 7.65. The van der Waals surface area contributed by atoms with Crippen molar-refractivity contribution >= 4 is 28.5 Å². The maximum Gasteiger partial charge on any atom is 0.320 e. The predicted octanol–water partition coefficient (Wildman–Crippen LogP) is 3.99. The van der Waals surface area contributed by atoms with Gasteiger partial charge in [0.2, 0.25) is 11.7 Å². The number of aromatic nitrogens is 3. The van der Waals surface area contributed by atoms with Gasteiger partial charge in [-0.05, 0) is 61.8 Å². The first-order chi connectivity index (χ1) is 20.1. The minimum Gasteiger partial charge on any atom is -0.462 e. The fraction of sp³-hybridized carbons (Fsp3) is 0.419. The number of nitrogens with zero attached hydrogens (tertiary/aromatic N) is 7. The van der Waals surface area contributed by atoms with Gasteiger partial charge in [-0.1, -0.05) is 12.0 Å². The summed E-state index contributed by atoms with van der Waals surface area (Å²) in [5, 5.41) is 18.6. The Kier molecular flexibility index (Phi) is 8.76. The smallest absolute Gasteiger partial charge is 0.320 e. The highest BCUT2D eigenvalue weighted by Gasteiger charge is 2.25. The van der Waals surface area contributed by atoms with Crippen LogP contribution in [0.1, 0.15) is 52.2 Å². The lowest BCUT2D eigenvalue weighted by Crippen LogP contribution is -2.48. The Morgan fingerprint density at radius 3 is 2.68 bits per heavy atom. The second kappa shape index (κ2) is 13.0. The van der Waals surface area contributed by atoms with Gasteiger partial charge in [0.1, 0.15) is 24.8 Å². The zero-order valence-electron chi connectivity index (χ0n) is 22.8. The maximum absolute atomic E-state index is 12.1. The first kappa shape index (κ1) is 27.7. The number of piperazine rings is 1. The van der Waals surface area contributed by atoms with Crippen molar-refractivity contribution in [2.45, 2.75) is 51.0 Å². The average Bonchev–Trinajstić information content (AvgIpc) is 3.42. The monoisotopic (exact) mass is 551 g/mol. The number of amides is 1. The highest BCUT2D eigenvalue weighted by atomic mass is 16.5. The van der Waals surface area contributed by atoms with E-state index in [2.05, 4.69) is 39.9 Å². The van der Waals surface area contributed by atoms with Crippen molar-refractivity contribution in [1.82, 2.24) is 19.4 Å². The van der Waals surface area contributed by atoms with Crippen molar-refractivity contribution < 1.29 is 15.8 Å². The quantitative estimate of drug-likeness (QED) is 0.332. The Bertz CT molecular complexity index is 1570. The summed E-state index contributed by atoms with van der Waals surface area (Å²) in [5.74, 6) is 7.27. The number of ether oxygens (including phenoxy) is 1. The first-order valence-electron chi connectivity index (χ1n) is 13.9. The van der Waals surface area contributed by atoms with E-state index in [9.17, 15) is 9.59 Å². The molecule has 210 valence electrons. The molecule has 2 atom stereocenters. The zero-order valence-corrected chi connectivity index (χ0v) is 22.8. The lowest BCUT2D eigenvalue weighted by atomic mass is 9.85. The van der Waals surface area contributed by atoms with E-state index >= 15 is 0 Å². The van der Waals surface area contributed by atoms with Crippen molar-refractivity contribution in [2.75, 3.05) is 31.1 Å². The molecule has 0 unspecified atom stereocenters. The summed E-state index contributed by atoms with van der Waals surface area (Å²) in [4.78, 5) is 36.9. The number of hydrogen-bond acceptors (Lipinski definition) is 8. The van der Waals surface area contributed by atoms with Crippen LogP contribution in [0.5, 0.6) is 0 Å². The van der Waals surface area contributed by atoms with Gasteiger partial charge < -0.3 is 19.1 Å². The van der Waals surface area contributed by atoms with Crippen LogP contribution in [0.3, 0.4) is 0 Å². The zero-order chi connectivity index (χ0) is 28.6. The Morgan fingerprint density at radius 1 is 1.05 bits per heavy atom. The summed E-state index contributed by atoms with van der Waals surface area (Å²) in [6, 6.07) is 13.9. The maximum atomic E-state index is 12.1. The molecule has 41 heavy (non-hydrogen) atoms. The summed E-state index contributed by atoms with van der Waals surface area (Å²) >= 11 is 0. The summed E-state index contributed by atoms with van der Waals surface area (Å²) in [7, 11) is 0. The standard InChI is InChI=1S/C31H31N7O3.H2/c32-14-10-30(39)37-20-18-36(19-21-37)26-7-3-8-27-25(26)13-17-38(27)29-12-16-34-28(35-29)9-2-5-23-4-1-6-24(22-23)41-31(40)11-15-33;/h3,7-8,12-13,16-17,23-24H,1,4-6,10-11,18-22H2;1H/t23-,24+;/m1./s1. The molecule has 5 rings (SSSR count). The van der Waals surface area contributed by atoms with Gasteiger partial charge in [-0.25, -0.2) is 9.97 Å². The molecule has 10 heteroatoms. The molecule has 1 saturated carbocycles. The number of anilines is 1. The van der Waals surface area contributed by atoms with Gasteiger partial charge in [-0.15, -0.1) is 0 Å². The molecule has 0 spiro atoms. The molecule has 1 aliphatic carbocycles. The summed E-state index contributed by atoms with van der Waals surface area (Å²) in [5.41, 5.74) is 2.12. The summed E-state index contributed by atoms with van der Waals surface area (Å²) in [6.45, 7) is 2.61. The largest absolute Gasteiger partial charge is 0.462 e. The normalized spacial score (nSPS) is 18.6. The van der Waals surface area contributed by atoms with E-state index in [1.807, 2.05) is 35.0 Å². The highest BCUT2D eigenvalue weighted by molar-refractivity contribution is 5.94. The molecule has 1 saturated heterocycles. The summed E-state index contributed by atoms with van der Waals surface area (Å²) < 4.78 is 7.45. The molecular weight excluding hydrogens is 518 g/mol. The molecule has 2 aliphatic rings. The van der Waals surface area contributed by atoms with E-state index in [-0.39, 0.29) is 26.3 Å². The Labute approximate surface area is 240 Å². The van der Waals surface area contributed by atoms with Crippen molar-refractivity contribution in [1.29, 1.82) is 10.5 Å². The molecule has 0 radical (unpaired) electrons. The first-order valence-corrected chi connectivity index (χ1v) is 13.9. The predicted molar refractivity (Wildman–Crippen MR) is 154 cm³/mol. The summed E-state index contributed by atoms with van der Waals surface area (Å²) in [6.07, 6.45) is 7.55. The number of rotatable bonds is 6. The lowest BCUT2D eigenvalue weighted by Gasteiger charge is -2.36. The van der Waals surface area contributed by atoms with Gasteiger partial charge in [0.15, 0.2) is 0 Å². The molecule has 3 aromatic rings. The van der Waals surface area contributed by atoms with E-state index in [0.717, 1.165) is 48.1 Å². The SMILES string of the molecule is N#CCC(=O)O[C@H]1CCC[C@H](CC#Cc2nccc(-n3ccc4c(N5CCN(C(=O)CC#N)CC5)cccc43)n2)C1.[HH]. The number of esters is 1. The molecule has 2 fully saturated rings. The number of benzene rings is 1. The number of nitriles is 2. The van der Waals surface area contributed by atoms with E-state index in [4.69, 9.17) is 20.2 Å². The third-order valence-corrected chi connectivity index (χ3v) is 7.65. The fourth-order valence-corrected chi connectivity index (χ4v) is 5.65. The minimum atomic E-state index is -0.454. The van der Waals surface area contributed by atoms with Crippen molar-refractivity contribution in [3.8, 4) is 29.8 Å². The van der Waals surface area contributed by atoms with Gasteiger partial charge in [0.25, 0.3) is 0 Å². The second-order valence-electron chi connectivity index (χ2n) is 10.3. The van der Waals surface area contributed by atoms with Crippen molar-refractivity contribution in [2.24, 2.45) is 5.92 Å². The van der Waals surface area contributed by atoms with Gasteiger partial charge in [-0.2, -0.15) is 10.5 Å². The highest BCUT2D eigenvalue weighted by Crippen LogP contribution is 2.31. The molecule has 2 aromatic heterocycles. The number of fused-ring (bicyclic) bond motifs is 1. The van der Waals surface area contributed by atoms with E-state index < -0.39 is 5.97 Å². The van der Waals surface area contributed by atoms with E-state index in [1.54, 1.807) is 11.1 Å². The Hall–Kier alpha value is -4.88. The van der Waals surface area contributed by atoms with Gasteiger partial charge in [0.05, 0.1) is 17.7 Å². The molecular formula is C31H33N7O3. The minimum absolute atomic E-state index is 0. The number of carbonyl (C=O) groups is 2. The molecule has 3 heterocycles. The molecule has 1 aromatic carbocycles. The average molecular weight is 552 g/mol. The second-order valence-corrected chi connectivity index (χ2v) is 10.3. The Morgan fingerprint density at radius 2 is 1.88 bits per heavy atom. The Balaban J connectivity index is 0.00000405. The van der Waals surface area contributed by atoms with Crippen LogP contribution in [-0.4, -0.2) is 63.6 Å². The van der Waals surface area contributed by atoms with Crippen LogP contribution in [0.25, 0.3) is 16.7 Å². The van der Waals surface area contributed by atoms with Gasteiger partial charge in [-0.3, -0.25) is 9.59 Å². The van der Waals surface area contributed by atoms with Crippen molar-refractivity contribution in [3.63, 3.8) is 0 Å². The number of carbonyl (C=O) groups excluding carboxylic acids is 2. The van der Waals surface area contributed by atoms with Crippen LogP contribution in [0.2, 0.25) is 0 Å². The molecule has 0 N–H and O–H groups in total. The van der Waals surface area contributed by atoms with Crippen LogP contribution in [0.4, 0.5) is 5.69 Å². The van der Waals surface area contributed by atoms with Gasteiger partial charge in [0, 0.05) is 57.5 Å². The van der Waals surface area contributed by atoms with Crippen LogP contribution < -0.4 is 4.90 Å². The van der Waals surface area contributed by atoms with Crippen LogP contribution in [-0.2, 0) is 14.3 Å². The fourth-order valence-electron chi connectivity index (χ4n) is 5.65. The topological polar surface area (TPSA) is 128 Å². The molecule has 10 nitrogen and oxygen atoms in total.